The molecule has 1 saturated heterocycles. The zero-order valence-electron chi connectivity index (χ0n) is 23.0. The fourth-order valence-corrected chi connectivity index (χ4v) is 5.72. The predicted molar refractivity (Wildman–Crippen MR) is 147 cm³/mol. The van der Waals surface area contributed by atoms with Crippen molar-refractivity contribution in [3.05, 3.63) is 42.2 Å². The van der Waals surface area contributed by atoms with Gasteiger partial charge in [0.1, 0.15) is 5.78 Å². The van der Waals surface area contributed by atoms with E-state index in [0.29, 0.717) is 35.7 Å². The van der Waals surface area contributed by atoms with Crippen LogP contribution >= 0.6 is 0 Å². The number of Topliss-reactive ketones (excluding diaryl/α,β-unsaturated/α-hetero) is 1. The van der Waals surface area contributed by atoms with Crippen LogP contribution in [0, 0.1) is 11.8 Å². The smallest absolute Gasteiger partial charge is 0.225 e. The quantitative estimate of drug-likeness (QED) is 0.480. The highest BCUT2D eigenvalue weighted by molar-refractivity contribution is 5.78. The maximum absolute atomic E-state index is 11.6. The van der Waals surface area contributed by atoms with Gasteiger partial charge in [-0.3, -0.25) is 9.69 Å². The summed E-state index contributed by atoms with van der Waals surface area (Å²) in [5.41, 5.74) is 3.61. The van der Waals surface area contributed by atoms with Crippen molar-refractivity contribution < 1.29 is 4.79 Å². The highest BCUT2D eigenvalue weighted by atomic mass is 16.1. The summed E-state index contributed by atoms with van der Waals surface area (Å²) in [6.07, 6.45) is 9.51. The zero-order chi connectivity index (χ0) is 25.5. The van der Waals surface area contributed by atoms with E-state index >= 15 is 0 Å². The Morgan fingerprint density at radius 2 is 1.46 bits per heavy atom. The van der Waals surface area contributed by atoms with Crippen molar-refractivity contribution in [3.8, 4) is 11.1 Å². The third kappa shape index (κ3) is 6.91. The van der Waals surface area contributed by atoms with E-state index in [1.165, 1.54) is 18.4 Å². The molecule has 2 atom stereocenters. The second kappa shape index (κ2) is 12.6. The first kappa shape index (κ1) is 27.3. The number of carbonyl (C=O) groups excluding carboxylic acids is 1. The Balaban J connectivity index is 0.00000167. The van der Waals surface area contributed by atoms with E-state index in [0.717, 1.165) is 49.4 Å². The molecular formula is C30H46N4O. The summed E-state index contributed by atoms with van der Waals surface area (Å²) in [5.74, 6) is 2.21. The Labute approximate surface area is 213 Å². The van der Waals surface area contributed by atoms with Crippen molar-refractivity contribution in [1.82, 2.24) is 14.9 Å². The number of hydrogen-bond acceptors (Lipinski definition) is 5. The molecule has 1 aromatic heterocycles. The Kier molecular flexibility index (Phi) is 9.85. The van der Waals surface area contributed by atoms with E-state index in [2.05, 4.69) is 61.8 Å². The number of carbonyl (C=O) groups is 1. The summed E-state index contributed by atoms with van der Waals surface area (Å²) in [6, 6.07) is 10.2. The SMILES string of the molecule is CC.CC(=O)C1CCC(Cc2ccc(-c3cnc(N4C(C)CN(C(C)C)CC4C)nc3)cc2)CC1. The van der Waals surface area contributed by atoms with Crippen LogP contribution in [0.2, 0.25) is 0 Å². The Hall–Kier alpha value is -2.27. The molecule has 5 nitrogen and oxygen atoms in total. The van der Waals surface area contributed by atoms with E-state index in [1.807, 2.05) is 26.2 Å². The molecule has 35 heavy (non-hydrogen) atoms. The number of aromatic nitrogens is 2. The van der Waals surface area contributed by atoms with Crippen molar-refractivity contribution in [2.75, 3.05) is 18.0 Å². The summed E-state index contributed by atoms with van der Waals surface area (Å²) >= 11 is 0. The topological polar surface area (TPSA) is 49.3 Å². The second-order valence-electron chi connectivity index (χ2n) is 10.7. The monoisotopic (exact) mass is 478 g/mol. The van der Waals surface area contributed by atoms with Crippen molar-refractivity contribution in [3.63, 3.8) is 0 Å². The molecule has 0 spiro atoms. The first-order valence-electron chi connectivity index (χ1n) is 13.8. The molecular weight excluding hydrogens is 432 g/mol. The fraction of sp³-hybridized carbons (Fsp3) is 0.633. The molecule has 1 aliphatic carbocycles. The molecule has 0 N–H and O–H groups in total. The second-order valence-corrected chi connectivity index (χ2v) is 10.7. The van der Waals surface area contributed by atoms with Crippen molar-refractivity contribution >= 4 is 11.7 Å². The fourth-order valence-electron chi connectivity index (χ4n) is 5.72. The van der Waals surface area contributed by atoms with Crippen LogP contribution in [0.25, 0.3) is 11.1 Å². The van der Waals surface area contributed by atoms with Crippen molar-refractivity contribution in [2.24, 2.45) is 11.8 Å². The van der Waals surface area contributed by atoms with Gasteiger partial charge in [0, 0.05) is 55.1 Å². The molecule has 0 amide bonds. The Bertz CT molecular complexity index is 904. The molecule has 1 aliphatic heterocycles. The van der Waals surface area contributed by atoms with E-state index in [1.54, 1.807) is 6.92 Å². The standard InChI is InChI=1S/C28H40N4O.C2H6/c1-19(2)31-17-20(3)32(21(4)18-31)28-29-15-27(16-30-28)26-12-8-24(9-13-26)14-23-6-10-25(11-7-23)22(5)33;1-2/h8-9,12-13,15-16,19-21,23,25H,6-7,10-11,14,17-18H2,1-5H3;1-2H3. The lowest BCUT2D eigenvalue weighted by molar-refractivity contribution is -0.121. The number of rotatable bonds is 6. The van der Waals surface area contributed by atoms with Gasteiger partial charge in [-0.1, -0.05) is 38.1 Å². The van der Waals surface area contributed by atoms with Crippen LogP contribution in [-0.2, 0) is 11.2 Å². The average Bonchev–Trinajstić information content (AvgIpc) is 2.86. The molecule has 2 heterocycles. The molecule has 0 bridgehead atoms. The Morgan fingerprint density at radius 1 is 0.914 bits per heavy atom. The summed E-state index contributed by atoms with van der Waals surface area (Å²) in [6.45, 7) is 16.9. The predicted octanol–water partition coefficient (Wildman–Crippen LogP) is 6.42. The third-order valence-electron chi connectivity index (χ3n) is 7.78. The van der Waals surface area contributed by atoms with Gasteiger partial charge in [-0.05, 0) is 83.8 Å². The Morgan fingerprint density at radius 3 is 1.94 bits per heavy atom. The lowest BCUT2D eigenvalue weighted by atomic mass is 9.78. The first-order chi connectivity index (χ1) is 16.8. The van der Waals surface area contributed by atoms with E-state index in [9.17, 15) is 4.79 Å². The lowest BCUT2D eigenvalue weighted by Crippen LogP contribution is -2.58. The van der Waals surface area contributed by atoms with Gasteiger partial charge in [0.2, 0.25) is 5.95 Å². The van der Waals surface area contributed by atoms with Crippen molar-refractivity contribution in [1.29, 1.82) is 0 Å². The minimum atomic E-state index is 0.302. The third-order valence-corrected chi connectivity index (χ3v) is 7.78. The molecule has 1 aromatic carbocycles. The zero-order valence-corrected chi connectivity index (χ0v) is 23.0. The molecule has 2 unspecified atom stereocenters. The number of benzene rings is 1. The van der Waals surface area contributed by atoms with Gasteiger partial charge < -0.3 is 4.90 Å². The van der Waals surface area contributed by atoms with Gasteiger partial charge in [0.25, 0.3) is 0 Å². The van der Waals surface area contributed by atoms with E-state index in [4.69, 9.17) is 9.97 Å². The number of hydrogen-bond donors (Lipinski definition) is 0. The molecule has 1 saturated carbocycles. The average molecular weight is 479 g/mol. The lowest BCUT2D eigenvalue weighted by Gasteiger charge is -2.46. The summed E-state index contributed by atoms with van der Waals surface area (Å²) in [7, 11) is 0. The van der Waals surface area contributed by atoms with Gasteiger partial charge in [0.05, 0.1) is 0 Å². The van der Waals surface area contributed by atoms with Crippen LogP contribution in [0.1, 0.15) is 79.7 Å². The highest BCUT2D eigenvalue weighted by Gasteiger charge is 2.32. The van der Waals surface area contributed by atoms with Crippen LogP contribution in [0.15, 0.2) is 36.7 Å². The number of nitrogens with zero attached hydrogens (tertiary/aromatic N) is 4. The van der Waals surface area contributed by atoms with Crippen LogP contribution in [-0.4, -0.2) is 51.9 Å². The molecule has 5 heteroatoms. The largest absolute Gasteiger partial charge is 0.333 e. The maximum atomic E-state index is 11.6. The number of ketones is 1. The number of piperazine rings is 1. The molecule has 4 rings (SSSR count). The summed E-state index contributed by atoms with van der Waals surface area (Å²) in [5, 5.41) is 0. The number of anilines is 1. The molecule has 192 valence electrons. The molecule has 2 aromatic rings. The highest BCUT2D eigenvalue weighted by Crippen LogP contribution is 2.32. The summed E-state index contributed by atoms with van der Waals surface area (Å²) in [4.78, 5) is 26.0. The van der Waals surface area contributed by atoms with Crippen LogP contribution < -0.4 is 4.90 Å². The molecule has 2 aliphatic rings. The van der Waals surface area contributed by atoms with Crippen LogP contribution in [0.3, 0.4) is 0 Å². The minimum Gasteiger partial charge on any atom is -0.333 e. The van der Waals surface area contributed by atoms with E-state index < -0.39 is 0 Å². The van der Waals surface area contributed by atoms with Crippen LogP contribution in [0.4, 0.5) is 5.95 Å². The van der Waals surface area contributed by atoms with Gasteiger partial charge in [-0.25, -0.2) is 9.97 Å². The van der Waals surface area contributed by atoms with Gasteiger partial charge >= 0.3 is 0 Å². The molecule has 0 radical (unpaired) electrons. The summed E-state index contributed by atoms with van der Waals surface area (Å²) < 4.78 is 0. The van der Waals surface area contributed by atoms with Crippen LogP contribution in [0.5, 0.6) is 0 Å². The minimum absolute atomic E-state index is 0.302. The first-order valence-corrected chi connectivity index (χ1v) is 13.8. The van der Waals surface area contributed by atoms with Gasteiger partial charge in [0.15, 0.2) is 0 Å². The van der Waals surface area contributed by atoms with Crippen molar-refractivity contribution in [2.45, 2.75) is 98.7 Å². The van der Waals surface area contributed by atoms with Gasteiger partial charge in [-0.2, -0.15) is 0 Å². The maximum Gasteiger partial charge on any atom is 0.225 e. The molecule has 2 fully saturated rings. The van der Waals surface area contributed by atoms with E-state index in [-0.39, 0.29) is 0 Å². The van der Waals surface area contributed by atoms with Gasteiger partial charge in [-0.15, -0.1) is 0 Å². The normalized spacial score (nSPS) is 25.2.